The molecule has 2 aromatic rings. The second-order valence-electron chi connectivity index (χ2n) is 4.47. The molecule has 0 unspecified atom stereocenters. The predicted molar refractivity (Wildman–Crippen MR) is 75.1 cm³/mol. The Hall–Kier alpha value is -2.21. The van der Waals surface area contributed by atoms with Gasteiger partial charge in [-0.3, -0.25) is 0 Å². The molecule has 0 amide bonds. The smallest absolute Gasteiger partial charge is 0.339 e. The molecule has 0 aliphatic carbocycles. The number of sulfone groups is 1. The highest BCUT2D eigenvalue weighted by Crippen LogP contribution is 2.17. The summed E-state index contributed by atoms with van der Waals surface area (Å²) >= 11 is 0. The zero-order valence-electron chi connectivity index (χ0n) is 11.2. The zero-order chi connectivity index (χ0) is 15.5. The Labute approximate surface area is 122 Å². The maximum Gasteiger partial charge on any atom is 0.339 e. The Bertz CT molecular complexity index is 751. The van der Waals surface area contributed by atoms with E-state index in [0.717, 1.165) is 6.26 Å². The molecule has 0 heterocycles. The molecule has 2 aromatic carbocycles. The van der Waals surface area contributed by atoms with E-state index >= 15 is 0 Å². The summed E-state index contributed by atoms with van der Waals surface area (Å²) in [5.41, 5.74) is 0.601. The van der Waals surface area contributed by atoms with Crippen molar-refractivity contribution < 1.29 is 22.3 Å². The van der Waals surface area contributed by atoms with Crippen LogP contribution < -0.4 is 0 Å². The van der Waals surface area contributed by atoms with Gasteiger partial charge in [0.05, 0.1) is 10.5 Å². The normalized spacial score (nSPS) is 11.1. The predicted octanol–water partition coefficient (Wildman–Crippen LogP) is 2.59. The van der Waals surface area contributed by atoms with E-state index in [2.05, 4.69) is 0 Å². The lowest BCUT2D eigenvalue weighted by Gasteiger charge is -2.08. The summed E-state index contributed by atoms with van der Waals surface area (Å²) < 4.78 is 41.1. The highest BCUT2D eigenvalue weighted by Gasteiger charge is 2.19. The molecule has 0 spiro atoms. The van der Waals surface area contributed by atoms with Crippen LogP contribution in [0.3, 0.4) is 0 Å². The van der Waals surface area contributed by atoms with Gasteiger partial charge in [-0.25, -0.2) is 17.6 Å². The van der Waals surface area contributed by atoms with Crippen LogP contribution in [-0.4, -0.2) is 20.6 Å². The lowest BCUT2D eigenvalue weighted by Crippen LogP contribution is -2.11. The van der Waals surface area contributed by atoms with Gasteiger partial charge in [0.1, 0.15) is 12.4 Å². The standard InChI is InChI=1S/C15H13FO4S/c1-21(18,19)14-5-3-2-4-13(14)15(17)20-10-11-6-8-12(16)9-7-11/h2-9H,10H2,1H3. The lowest BCUT2D eigenvalue weighted by atomic mass is 10.2. The number of carbonyl (C=O) groups excluding carboxylic acids is 1. The molecule has 0 fully saturated rings. The summed E-state index contributed by atoms with van der Waals surface area (Å²) in [6.07, 6.45) is 1.03. The van der Waals surface area contributed by atoms with Gasteiger partial charge in [-0.05, 0) is 29.8 Å². The molecule has 4 nitrogen and oxygen atoms in total. The van der Waals surface area contributed by atoms with E-state index in [1.165, 1.54) is 42.5 Å². The molecule has 0 aliphatic rings. The van der Waals surface area contributed by atoms with Gasteiger partial charge >= 0.3 is 5.97 Å². The molecule has 0 radical (unpaired) electrons. The largest absolute Gasteiger partial charge is 0.457 e. The summed E-state index contributed by atoms with van der Waals surface area (Å²) in [5.74, 6) is -1.12. The van der Waals surface area contributed by atoms with Crippen LogP contribution in [0.15, 0.2) is 53.4 Å². The first-order chi connectivity index (χ1) is 9.88. The average Bonchev–Trinajstić information content (AvgIpc) is 2.45. The van der Waals surface area contributed by atoms with Crippen LogP contribution in [0.5, 0.6) is 0 Å². The molecular formula is C15H13FO4S. The molecule has 0 aromatic heterocycles. The van der Waals surface area contributed by atoms with E-state index < -0.39 is 15.8 Å². The topological polar surface area (TPSA) is 60.4 Å². The van der Waals surface area contributed by atoms with Crippen LogP contribution >= 0.6 is 0 Å². The molecule has 0 N–H and O–H groups in total. The second-order valence-corrected chi connectivity index (χ2v) is 6.46. The highest BCUT2D eigenvalue weighted by atomic mass is 32.2. The number of esters is 1. The first-order valence-electron chi connectivity index (χ1n) is 6.08. The monoisotopic (exact) mass is 308 g/mol. The quantitative estimate of drug-likeness (QED) is 0.815. The van der Waals surface area contributed by atoms with Gasteiger partial charge in [0.15, 0.2) is 9.84 Å². The molecule has 0 saturated carbocycles. The van der Waals surface area contributed by atoms with Crippen LogP contribution in [-0.2, 0) is 21.2 Å². The number of benzene rings is 2. The van der Waals surface area contributed by atoms with E-state index in [1.54, 1.807) is 6.07 Å². The average molecular weight is 308 g/mol. The van der Waals surface area contributed by atoms with Crippen molar-refractivity contribution in [2.45, 2.75) is 11.5 Å². The number of hydrogen-bond donors (Lipinski definition) is 0. The van der Waals surface area contributed by atoms with Gasteiger partial charge in [0.2, 0.25) is 0 Å². The lowest BCUT2D eigenvalue weighted by molar-refractivity contribution is 0.0468. The molecule has 0 aliphatic heterocycles. The van der Waals surface area contributed by atoms with E-state index in [-0.39, 0.29) is 22.9 Å². The van der Waals surface area contributed by atoms with Crippen LogP contribution in [0, 0.1) is 5.82 Å². The van der Waals surface area contributed by atoms with Gasteiger partial charge in [-0.2, -0.15) is 0 Å². The number of halogens is 1. The van der Waals surface area contributed by atoms with Crippen molar-refractivity contribution >= 4 is 15.8 Å². The summed E-state index contributed by atoms with van der Waals surface area (Å²) in [4.78, 5) is 11.9. The van der Waals surface area contributed by atoms with Crippen molar-refractivity contribution in [1.29, 1.82) is 0 Å². The first-order valence-corrected chi connectivity index (χ1v) is 7.98. The minimum Gasteiger partial charge on any atom is -0.457 e. The van der Waals surface area contributed by atoms with Crippen LogP contribution in [0.4, 0.5) is 4.39 Å². The first kappa shape index (κ1) is 15.2. The van der Waals surface area contributed by atoms with Crippen molar-refractivity contribution in [2.24, 2.45) is 0 Å². The van der Waals surface area contributed by atoms with Crippen molar-refractivity contribution in [1.82, 2.24) is 0 Å². The molecular weight excluding hydrogens is 295 g/mol. The third kappa shape index (κ3) is 3.88. The molecule has 6 heteroatoms. The number of hydrogen-bond acceptors (Lipinski definition) is 4. The fourth-order valence-corrected chi connectivity index (χ4v) is 2.64. The summed E-state index contributed by atoms with van der Waals surface area (Å²) in [6.45, 7) is -0.0583. The Morgan fingerprint density at radius 3 is 2.33 bits per heavy atom. The van der Waals surface area contributed by atoms with Gasteiger partial charge in [0.25, 0.3) is 0 Å². The van der Waals surface area contributed by atoms with Crippen LogP contribution in [0.2, 0.25) is 0 Å². The number of carbonyl (C=O) groups is 1. The minimum absolute atomic E-state index is 0.0119. The van der Waals surface area contributed by atoms with Crippen molar-refractivity contribution in [3.8, 4) is 0 Å². The van der Waals surface area contributed by atoms with Gasteiger partial charge in [-0.1, -0.05) is 24.3 Å². The Kier molecular flexibility index (Phi) is 4.37. The SMILES string of the molecule is CS(=O)(=O)c1ccccc1C(=O)OCc1ccc(F)cc1. The summed E-state index contributed by atoms with van der Waals surface area (Å²) in [5, 5.41) is 0. The minimum atomic E-state index is -3.52. The van der Waals surface area contributed by atoms with E-state index in [1.807, 2.05) is 0 Å². The molecule has 0 bridgehead atoms. The fraction of sp³-hybridized carbons (Fsp3) is 0.133. The maximum atomic E-state index is 12.8. The second kappa shape index (κ2) is 6.05. The van der Waals surface area contributed by atoms with Gasteiger partial charge in [0, 0.05) is 6.26 Å². The van der Waals surface area contributed by atoms with Crippen LogP contribution in [0.1, 0.15) is 15.9 Å². The summed E-state index contributed by atoms with van der Waals surface area (Å²) in [7, 11) is -3.52. The van der Waals surface area contributed by atoms with E-state index in [0.29, 0.717) is 5.56 Å². The van der Waals surface area contributed by atoms with E-state index in [4.69, 9.17) is 4.74 Å². The Morgan fingerprint density at radius 1 is 1.10 bits per heavy atom. The zero-order valence-corrected chi connectivity index (χ0v) is 12.1. The van der Waals surface area contributed by atoms with Crippen molar-refractivity contribution in [3.05, 3.63) is 65.5 Å². The fourth-order valence-electron chi connectivity index (χ4n) is 1.77. The van der Waals surface area contributed by atoms with Crippen LogP contribution in [0.25, 0.3) is 0 Å². The Morgan fingerprint density at radius 2 is 1.71 bits per heavy atom. The maximum absolute atomic E-state index is 12.8. The number of ether oxygens (including phenoxy) is 1. The number of rotatable bonds is 4. The third-order valence-electron chi connectivity index (χ3n) is 2.79. The van der Waals surface area contributed by atoms with Gasteiger partial charge in [-0.15, -0.1) is 0 Å². The highest BCUT2D eigenvalue weighted by molar-refractivity contribution is 7.90. The molecule has 110 valence electrons. The van der Waals surface area contributed by atoms with E-state index in [9.17, 15) is 17.6 Å². The Balaban J connectivity index is 2.16. The summed E-state index contributed by atoms with van der Waals surface area (Å²) in [6, 6.07) is 11.3. The van der Waals surface area contributed by atoms with Gasteiger partial charge < -0.3 is 4.74 Å². The molecule has 0 saturated heterocycles. The van der Waals surface area contributed by atoms with Crippen molar-refractivity contribution in [2.75, 3.05) is 6.26 Å². The third-order valence-corrected chi connectivity index (χ3v) is 3.94. The molecule has 0 atom stereocenters. The van der Waals surface area contributed by atoms with Crippen molar-refractivity contribution in [3.63, 3.8) is 0 Å². The molecule has 21 heavy (non-hydrogen) atoms. The molecule has 2 rings (SSSR count).